The summed E-state index contributed by atoms with van der Waals surface area (Å²) in [6.45, 7) is 2.20. The van der Waals surface area contributed by atoms with Crippen molar-refractivity contribution < 1.29 is 23.8 Å². The van der Waals surface area contributed by atoms with E-state index in [0.717, 1.165) is 57.1 Å². The van der Waals surface area contributed by atoms with Gasteiger partial charge < -0.3 is 24.4 Å². The summed E-state index contributed by atoms with van der Waals surface area (Å²) in [5.74, 6) is 1.11. The Hall–Kier alpha value is -2.19. The van der Waals surface area contributed by atoms with E-state index in [-0.39, 0.29) is 30.6 Å². The summed E-state index contributed by atoms with van der Waals surface area (Å²) < 4.78 is 18.0. The number of carbonyl (C=O) groups excluding carboxylic acids is 2. The molecule has 6 rings (SSSR count). The number of fused-ring (bicyclic) bond motifs is 8. The monoisotopic (exact) mass is 457 g/mol. The molecule has 0 aromatic carbocycles. The molecule has 0 radical (unpaired) electrons. The Labute approximate surface area is 195 Å². The Kier molecular flexibility index (Phi) is 6.83. The molecule has 0 unspecified atom stereocenters. The molecule has 1 aromatic heterocycles. The molecule has 5 aliphatic rings. The molecule has 2 saturated heterocycles. The maximum absolute atomic E-state index is 13.3. The van der Waals surface area contributed by atoms with Crippen LogP contribution < -0.4 is 10.1 Å². The van der Waals surface area contributed by atoms with Crippen LogP contribution in [0.15, 0.2) is 18.2 Å². The van der Waals surface area contributed by atoms with Gasteiger partial charge in [0.25, 0.3) is 0 Å². The first kappa shape index (κ1) is 22.6. The van der Waals surface area contributed by atoms with E-state index < -0.39 is 5.54 Å². The molecule has 1 aromatic rings. The lowest BCUT2D eigenvalue weighted by molar-refractivity contribution is -0.155. The fourth-order valence-corrected chi connectivity index (χ4v) is 5.91. The highest BCUT2D eigenvalue weighted by atomic mass is 16.5. The molecule has 1 saturated carbocycles. The van der Waals surface area contributed by atoms with Crippen LogP contribution in [-0.2, 0) is 19.1 Å². The van der Waals surface area contributed by atoms with Gasteiger partial charge in [0, 0.05) is 30.6 Å². The molecule has 2 amide bonds. The molecule has 4 aliphatic heterocycles. The number of nitrogens with zero attached hydrogens (tertiary/aromatic N) is 2. The molecule has 180 valence electrons. The summed E-state index contributed by atoms with van der Waals surface area (Å²) in [6, 6.07) is 5.83. The molecule has 2 atom stereocenters. The van der Waals surface area contributed by atoms with Crippen molar-refractivity contribution in [2.24, 2.45) is 0 Å². The third-order valence-corrected chi connectivity index (χ3v) is 7.70. The number of aromatic nitrogens is 1. The highest BCUT2D eigenvalue weighted by molar-refractivity contribution is 5.80. The molecule has 1 N–H and O–H groups in total. The van der Waals surface area contributed by atoms with Gasteiger partial charge in [-0.1, -0.05) is 6.07 Å². The molecule has 1 aliphatic carbocycles. The van der Waals surface area contributed by atoms with E-state index in [2.05, 4.69) is 11.4 Å². The van der Waals surface area contributed by atoms with Crippen molar-refractivity contribution in [2.45, 2.75) is 81.4 Å². The van der Waals surface area contributed by atoms with E-state index in [1.807, 2.05) is 17.0 Å². The van der Waals surface area contributed by atoms with Crippen molar-refractivity contribution in [2.75, 3.05) is 33.0 Å². The van der Waals surface area contributed by atoms with Gasteiger partial charge in [0.05, 0.1) is 37.5 Å². The van der Waals surface area contributed by atoms with Crippen molar-refractivity contribution in [1.82, 2.24) is 15.2 Å². The molecule has 5 heterocycles. The van der Waals surface area contributed by atoms with Crippen LogP contribution in [0.2, 0.25) is 0 Å². The summed E-state index contributed by atoms with van der Waals surface area (Å²) in [4.78, 5) is 32.2. The van der Waals surface area contributed by atoms with Crippen LogP contribution in [0.1, 0.15) is 69.4 Å². The molecule has 1 spiro atoms. The minimum absolute atomic E-state index is 0.0854. The van der Waals surface area contributed by atoms with Crippen LogP contribution in [0, 0.1) is 0 Å². The zero-order chi connectivity index (χ0) is 22.7. The van der Waals surface area contributed by atoms with E-state index >= 15 is 0 Å². The summed E-state index contributed by atoms with van der Waals surface area (Å²) in [7, 11) is 0. The van der Waals surface area contributed by atoms with Crippen molar-refractivity contribution in [3.05, 3.63) is 23.9 Å². The molecule has 8 heteroatoms. The standard InChI is InChI=1S/C25H35N3O5/c29-22-16-31-17-25(27-22)12-4-13-28-21(25)15-33-19-10-8-18(9-11-19)20-5-3-6-23(26-20)32-14-2-1-7-24(28)30/h3,5-6,18-19,21H,1-2,4,7-17H2,(H,27,29)/t18?,19?,21-,25+/m1/s1. The normalized spacial score (nSPS) is 33.7. The number of morpholine rings is 1. The van der Waals surface area contributed by atoms with Gasteiger partial charge in [-0.05, 0) is 57.4 Å². The zero-order valence-electron chi connectivity index (χ0n) is 19.3. The average molecular weight is 458 g/mol. The molecular weight excluding hydrogens is 422 g/mol. The van der Waals surface area contributed by atoms with Crippen molar-refractivity contribution in [1.29, 1.82) is 0 Å². The lowest BCUT2D eigenvalue weighted by Gasteiger charge is -2.51. The van der Waals surface area contributed by atoms with Gasteiger partial charge >= 0.3 is 0 Å². The minimum atomic E-state index is -0.560. The van der Waals surface area contributed by atoms with Gasteiger partial charge in [0.2, 0.25) is 17.7 Å². The molecular formula is C25H35N3O5. The third kappa shape index (κ3) is 5.01. The zero-order valence-corrected chi connectivity index (χ0v) is 19.3. The number of nitrogens with one attached hydrogen (secondary N) is 1. The van der Waals surface area contributed by atoms with Crippen LogP contribution in [0.3, 0.4) is 0 Å². The average Bonchev–Trinajstić information content (AvgIpc) is 2.83. The van der Waals surface area contributed by atoms with E-state index in [9.17, 15) is 9.59 Å². The maximum Gasteiger partial charge on any atom is 0.246 e. The number of hydrogen-bond donors (Lipinski definition) is 1. The molecule has 8 nitrogen and oxygen atoms in total. The fraction of sp³-hybridized carbons (Fsp3) is 0.720. The first-order valence-electron chi connectivity index (χ1n) is 12.5. The first-order valence-corrected chi connectivity index (χ1v) is 12.5. The number of carbonyl (C=O) groups is 2. The van der Waals surface area contributed by atoms with Crippen LogP contribution in [-0.4, -0.2) is 72.4 Å². The lowest BCUT2D eigenvalue weighted by atomic mass is 9.80. The Morgan fingerprint density at radius 3 is 2.82 bits per heavy atom. The second kappa shape index (κ2) is 9.97. The number of hydrogen-bond acceptors (Lipinski definition) is 6. The Morgan fingerprint density at radius 1 is 1.09 bits per heavy atom. The summed E-state index contributed by atoms with van der Waals surface area (Å²) in [6.07, 6.45) is 7.81. The van der Waals surface area contributed by atoms with Crippen molar-refractivity contribution in [3.8, 4) is 5.88 Å². The van der Waals surface area contributed by atoms with Crippen LogP contribution in [0.4, 0.5) is 0 Å². The van der Waals surface area contributed by atoms with Crippen LogP contribution >= 0.6 is 0 Å². The van der Waals surface area contributed by atoms with Gasteiger partial charge in [-0.3, -0.25) is 9.59 Å². The Bertz CT molecular complexity index is 852. The quantitative estimate of drug-likeness (QED) is 0.644. The van der Waals surface area contributed by atoms with Gasteiger partial charge in [0.15, 0.2) is 0 Å². The minimum Gasteiger partial charge on any atom is -0.478 e. The smallest absolute Gasteiger partial charge is 0.246 e. The number of ether oxygens (including phenoxy) is 3. The maximum atomic E-state index is 13.3. The molecule has 4 bridgehead atoms. The van der Waals surface area contributed by atoms with Crippen LogP contribution in [0.25, 0.3) is 0 Å². The fourth-order valence-electron chi connectivity index (χ4n) is 5.91. The second-order valence-electron chi connectivity index (χ2n) is 9.92. The van der Waals surface area contributed by atoms with Gasteiger partial charge in [-0.25, -0.2) is 4.98 Å². The summed E-state index contributed by atoms with van der Waals surface area (Å²) in [5.41, 5.74) is 0.542. The van der Waals surface area contributed by atoms with E-state index in [1.165, 1.54) is 0 Å². The largest absolute Gasteiger partial charge is 0.478 e. The van der Waals surface area contributed by atoms with Crippen molar-refractivity contribution in [3.63, 3.8) is 0 Å². The van der Waals surface area contributed by atoms with Gasteiger partial charge in [-0.2, -0.15) is 0 Å². The Balaban J connectivity index is 1.36. The summed E-state index contributed by atoms with van der Waals surface area (Å²) >= 11 is 0. The van der Waals surface area contributed by atoms with E-state index in [1.54, 1.807) is 0 Å². The SMILES string of the molecule is O=C1COC[C@]2(CCCN3C(=O)CCCCOc4cccc(n4)C4CCC(CC4)OC[C@@H]32)N1. The molecule has 3 fully saturated rings. The van der Waals surface area contributed by atoms with Crippen molar-refractivity contribution >= 4 is 11.8 Å². The second-order valence-corrected chi connectivity index (χ2v) is 9.92. The third-order valence-electron chi connectivity index (χ3n) is 7.70. The highest BCUT2D eigenvalue weighted by Crippen LogP contribution is 2.36. The van der Waals surface area contributed by atoms with Gasteiger partial charge in [-0.15, -0.1) is 0 Å². The lowest BCUT2D eigenvalue weighted by Crippen LogP contribution is -2.71. The predicted octanol–water partition coefficient (Wildman–Crippen LogP) is 2.56. The van der Waals surface area contributed by atoms with E-state index in [4.69, 9.17) is 19.2 Å². The highest BCUT2D eigenvalue weighted by Gasteiger charge is 2.49. The molecule has 33 heavy (non-hydrogen) atoms. The number of pyridine rings is 1. The first-order chi connectivity index (χ1) is 16.1. The Morgan fingerprint density at radius 2 is 1.97 bits per heavy atom. The van der Waals surface area contributed by atoms with Crippen LogP contribution in [0.5, 0.6) is 5.88 Å². The number of rotatable bonds is 0. The topological polar surface area (TPSA) is 90.0 Å². The number of amides is 2. The summed E-state index contributed by atoms with van der Waals surface area (Å²) in [5, 5.41) is 3.19. The van der Waals surface area contributed by atoms with Gasteiger partial charge in [0.1, 0.15) is 6.61 Å². The number of piperidine rings is 1. The van der Waals surface area contributed by atoms with E-state index in [0.29, 0.717) is 44.6 Å². The predicted molar refractivity (Wildman–Crippen MR) is 121 cm³/mol.